The molecule has 3 saturated carbocycles. The minimum absolute atomic E-state index is 0. The maximum absolute atomic E-state index is 12.3. The van der Waals surface area contributed by atoms with Crippen molar-refractivity contribution in [2.75, 3.05) is 0 Å². The largest absolute Gasteiger partial charge is 0.353 e. The first-order valence-electron chi connectivity index (χ1n) is 10.1. The fourth-order valence-electron chi connectivity index (χ4n) is 4.82. The zero-order chi connectivity index (χ0) is 17.3. The summed E-state index contributed by atoms with van der Waals surface area (Å²) in [6.07, 6.45) is 12.7. The fourth-order valence-corrected chi connectivity index (χ4v) is 4.82. The molecule has 0 aromatic carbocycles. The summed E-state index contributed by atoms with van der Waals surface area (Å²) in [7, 11) is 0. The third-order valence-corrected chi connectivity index (χ3v) is 6.53. The van der Waals surface area contributed by atoms with Gasteiger partial charge in [-0.05, 0) is 51.4 Å². The third-order valence-electron chi connectivity index (χ3n) is 6.53. The van der Waals surface area contributed by atoms with E-state index >= 15 is 0 Å². The van der Waals surface area contributed by atoms with Crippen LogP contribution in [0.4, 0.5) is 0 Å². The summed E-state index contributed by atoms with van der Waals surface area (Å²) >= 11 is 0. The molecule has 3 N–H and O–H groups in total. The van der Waals surface area contributed by atoms with Gasteiger partial charge in [0.25, 0.3) is 0 Å². The van der Waals surface area contributed by atoms with E-state index in [1.54, 1.807) is 0 Å². The smallest absolute Gasteiger partial charge is 0.229 e. The van der Waals surface area contributed by atoms with E-state index in [-0.39, 0.29) is 29.8 Å². The molecular weight excluding hydrogens is 352 g/mol. The second-order valence-electron chi connectivity index (χ2n) is 8.36. The lowest BCUT2D eigenvalue weighted by Gasteiger charge is -2.28. The predicted octanol–water partition coefficient (Wildman–Crippen LogP) is 3.55. The molecule has 3 aliphatic carbocycles. The molecule has 4 rings (SSSR count). The highest BCUT2D eigenvalue weighted by Gasteiger charge is 2.37. The molecule has 1 aromatic rings. The summed E-state index contributed by atoms with van der Waals surface area (Å²) in [6.45, 7) is 0. The summed E-state index contributed by atoms with van der Waals surface area (Å²) in [5.41, 5.74) is 6.05. The highest BCUT2D eigenvalue weighted by Crippen LogP contribution is 2.37. The molecule has 0 spiro atoms. The van der Waals surface area contributed by atoms with E-state index < -0.39 is 0 Å². The third kappa shape index (κ3) is 4.06. The van der Waals surface area contributed by atoms with Crippen LogP contribution in [0.25, 0.3) is 0 Å². The Kier molecular flexibility index (Phi) is 6.23. The summed E-state index contributed by atoms with van der Waals surface area (Å²) in [4.78, 5) is 16.9. The molecule has 0 radical (unpaired) electrons. The summed E-state index contributed by atoms with van der Waals surface area (Å²) in [5, 5.41) is 7.45. The minimum Gasteiger partial charge on any atom is -0.353 e. The number of carbonyl (C=O) groups is 1. The number of rotatable bonds is 4. The average molecular weight is 383 g/mol. The molecule has 3 fully saturated rings. The monoisotopic (exact) mass is 382 g/mol. The lowest BCUT2D eigenvalue weighted by molar-refractivity contribution is -0.125. The van der Waals surface area contributed by atoms with Crippen LogP contribution >= 0.6 is 12.4 Å². The normalized spacial score (nSPS) is 28.7. The van der Waals surface area contributed by atoms with Crippen molar-refractivity contribution in [2.45, 2.75) is 94.5 Å². The topological polar surface area (TPSA) is 94.0 Å². The molecule has 0 bridgehead atoms. The Morgan fingerprint density at radius 2 is 1.69 bits per heavy atom. The average Bonchev–Trinajstić information content (AvgIpc) is 3.37. The van der Waals surface area contributed by atoms with Crippen LogP contribution < -0.4 is 11.1 Å². The second kappa shape index (κ2) is 8.26. The number of nitrogens with two attached hydrogens (primary N) is 1. The van der Waals surface area contributed by atoms with Crippen LogP contribution in [0.3, 0.4) is 0 Å². The number of nitrogens with zero attached hydrogens (tertiary/aromatic N) is 2. The van der Waals surface area contributed by atoms with E-state index in [2.05, 4.69) is 15.5 Å². The van der Waals surface area contributed by atoms with Gasteiger partial charge >= 0.3 is 0 Å². The molecule has 0 aliphatic heterocycles. The van der Waals surface area contributed by atoms with Crippen LogP contribution in [0.5, 0.6) is 0 Å². The number of hydrogen-bond acceptors (Lipinski definition) is 5. The van der Waals surface area contributed by atoms with E-state index in [1.165, 1.54) is 12.8 Å². The summed E-state index contributed by atoms with van der Waals surface area (Å²) < 4.78 is 5.55. The highest BCUT2D eigenvalue weighted by molar-refractivity contribution is 5.85. The first-order chi connectivity index (χ1) is 12.1. The number of carbonyl (C=O) groups excluding carboxylic acids is 1. The van der Waals surface area contributed by atoms with Gasteiger partial charge in [-0.1, -0.05) is 30.8 Å². The SMILES string of the molecule is Cl.NC1(c2noc(C3CCC(NC(=O)C4CCCC4)CC3)n2)CCCC1. The molecule has 1 amide bonds. The molecule has 1 heterocycles. The first kappa shape index (κ1) is 19.6. The van der Waals surface area contributed by atoms with Crippen molar-refractivity contribution in [3.63, 3.8) is 0 Å². The van der Waals surface area contributed by atoms with Gasteiger partial charge in [0.2, 0.25) is 11.8 Å². The van der Waals surface area contributed by atoms with E-state index in [1.807, 2.05) is 0 Å². The van der Waals surface area contributed by atoms with Crippen molar-refractivity contribution in [1.82, 2.24) is 15.5 Å². The Morgan fingerprint density at radius 3 is 2.35 bits per heavy atom. The molecule has 1 aromatic heterocycles. The zero-order valence-corrected chi connectivity index (χ0v) is 16.2. The second-order valence-corrected chi connectivity index (χ2v) is 8.36. The van der Waals surface area contributed by atoms with Gasteiger partial charge in [0.05, 0.1) is 5.54 Å². The number of halogens is 1. The van der Waals surface area contributed by atoms with Crippen molar-refractivity contribution in [2.24, 2.45) is 11.7 Å². The molecule has 146 valence electrons. The zero-order valence-electron chi connectivity index (χ0n) is 15.4. The van der Waals surface area contributed by atoms with Crippen molar-refractivity contribution >= 4 is 18.3 Å². The number of amides is 1. The van der Waals surface area contributed by atoms with Gasteiger partial charge in [-0.3, -0.25) is 4.79 Å². The Bertz CT molecular complexity index is 600. The van der Waals surface area contributed by atoms with Crippen molar-refractivity contribution in [3.05, 3.63) is 11.7 Å². The van der Waals surface area contributed by atoms with Gasteiger partial charge in [0.1, 0.15) is 0 Å². The molecule has 6 nitrogen and oxygen atoms in total. The van der Waals surface area contributed by atoms with Crippen molar-refractivity contribution in [1.29, 1.82) is 0 Å². The quantitative estimate of drug-likeness (QED) is 0.830. The van der Waals surface area contributed by atoms with Gasteiger partial charge in [0.15, 0.2) is 5.82 Å². The highest BCUT2D eigenvalue weighted by atomic mass is 35.5. The van der Waals surface area contributed by atoms with Crippen LogP contribution in [0.15, 0.2) is 4.52 Å². The van der Waals surface area contributed by atoms with Crippen LogP contribution in [0.2, 0.25) is 0 Å². The fraction of sp³-hybridized carbons (Fsp3) is 0.842. The van der Waals surface area contributed by atoms with Crippen molar-refractivity contribution in [3.8, 4) is 0 Å². The molecular formula is C19H31ClN4O2. The molecule has 0 atom stereocenters. The summed E-state index contributed by atoms with van der Waals surface area (Å²) in [5.74, 6) is 2.27. The minimum atomic E-state index is -0.381. The van der Waals surface area contributed by atoms with Gasteiger partial charge < -0.3 is 15.6 Å². The van der Waals surface area contributed by atoms with Crippen LogP contribution in [0, 0.1) is 5.92 Å². The number of hydrogen-bond donors (Lipinski definition) is 2. The molecule has 3 aliphatic rings. The van der Waals surface area contributed by atoms with E-state index in [0.717, 1.165) is 70.1 Å². The molecule has 0 unspecified atom stereocenters. The first-order valence-corrected chi connectivity index (χ1v) is 10.1. The standard InChI is InChI=1S/C19H30N4O2.ClH/c20-19(11-3-4-12-19)18-22-17(25-23-18)14-7-9-15(10-8-14)21-16(24)13-5-1-2-6-13;/h13-15H,1-12,20H2,(H,21,24);1H. The molecule has 7 heteroatoms. The van der Waals surface area contributed by atoms with Crippen LogP contribution in [0.1, 0.15) is 94.7 Å². The number of aromatic nitrogens is 2. The van der Waals surface area contributed by atoms with Crippen molar-refractivity contribution < 1.29 is 9.32 Å². The Hall–Kier alpha value is -1.14. The maximum Gasteiger partial charge on any atom is 0.229 e. The van der Waals surface area contributed by atoms with Gasteiger partial charge in [-0.25, -0.2) is 0 Å². The lowest BCUT2D eigenvalue weighted by Crippen LogP contribution is -2.40. The maximum atomic E-state index is 12.3. The number of nitrogens with one attached hydrogen (secondary N) is 1. The van der Waals surface area contributed by atoms with Gasteiger partial charge in [-0.15, -0.1) is 12.4 Å². The molecule has 26 heavy (non-hydrogen) atoms. The Balaban J connectivity index is 0.00000196. The lowest BCUT2D eigenvalue weighted by atomic mass is 9.85. The van der Waals surface area contributed by atoms with Crippen LogP contribution in [-0.2, 0) is 10.3 Å². The van der Waals surface area contributed by atoms with E-state index in [0.29, 0.717) is 17.8 Å². The van der Waals surface area contributed by atoms with E-state index in [4.69, 9.17) is 10.3 Å². The summed E-state index contributed by atoms with van der Waals surface area (Å²) in [6, 6.07) is 0.308. The van der Waals surface area contributed by atoms with Crippen LogP contribution in [-0.4, -0.2) is 22.1 Å². The van der Waals surface area contributed by atoms with Gasteiger partial charge in [0, 0.05) is 17.9 Å². The Labute approximate surface area is 161 Å². The Morgan fingerprint density at radius 1 is 1.04 bits per heavy atom. The van der Waals surface area contributed by atoms with Gasteiger partial charge in [-0.2, -0.15) is 4.98 Å². The predicted molar refractivity (Wildman–Crippen MR) is 101 cm³/mol. The van der Waals surface area contributed by atoms with E-state index in [9.17, 15) is 4.79 Å². The molecule has 0 saturated heterocycles.